The lowest BCUT2D eigenvalue weighted by atomic mass is 9.99. The molecule has 24 heavy (non-hydrogen) atoms. The summed E-state index contributed by atoms with van der Waals surface area (Å²) in [6, 6.07) is 8.34. The first-order valence-electron chi connectivity index (χ1n) is 8.66. The summed E-state index contributed by atoms with van der Waals surface area (Å²) in [7, 11) is 0. The van der Waals surface area contributed by atoms with Crippen molar-refractivity contribution >= 4 is 5.78 Å². The van der Waals surface area contributed by atoms with Crippen molar-refractivity contribution < 1.29 is 9.18 Å². The number of rotatable bonds is 4. The van der Waals surface area contributed by atoms with Crippen LogP contribution in [0.3, 0.4) is 0 Å². The molecule has 1 aliphatic rings. The largest absolute Gasteiger partial charge is 0.318 e. The fourth-order valence-electron chi connectivity index (χ4n) is 3.75. The molecule has 3 rings (SSSR count). The Kier molecular flexibility index (Phi) is 4.86. The third kappa shape index (κ3) is 3.44. The molecule has 3 nitrogen and oxygen atoms in total. The Bertz CT molecular complexity index is 733. The zero-order valence-corrected chi connectivity index (χ0v) is 14.7. The Morgan fingerprint density at radius 3 is 2.62 bits per heavy atom. The van der Waals surface area contributed by atoms with Crippen molar-refractivity contribution in [2.24, 2.45) is 5.92 Å². The van der Waals surface area contributed by atoms with E-state index in [4.69, 9.17) is 0 Å². The number of benzene rings is 1. The molecular weight excluding hydrogens is 303 g/mol. The molecule has 0 saturated carbocycles. The second-order valence-electron chi connectivity index (χ2n) is 7.00. The molecule has 0 radical (unpaired) electrons. The minimum absolute atomic E-state index is 0.172. The van der Waals surface area contributed by atoms with Crippen LogP contribution >= 0.6 is 0 Å². The van der Waals surface area contributed by atoms with Gasteiger partial charge in [-0.1, -0.05) is 6.92 Å². The van der Waals surface area contributed by atoms with Crippen molar-refractivity contribution in [2.75, 3.05) is 19.6 Å². The first-order valence-corrected chi connectivity index (χ1v) is 8.66. The Morgan fingerprint density at radius 1 is 1.25 bits per heavy atom. The van der Waals surface area contributed by atoms with Crippen molar-refractivity contribution in [1.29, 1.82) is 0 Å². The van der Waals surface area contributed by atoms with Crippen molar-refractivity contribution in [3.63, 3.8) is 0 Å². The molecule has 1 saturated heterocycles. The molecule has 1 aromatic heterocycles. The average molecular weight is 328 g/mol. The number of aryl methyl sites for hydroxylation is 1. The zero-order chi connectivity index (χ0) is 17.3. The lowest BCUT2D eigenvalue weighted by Crippen LogP contribution is -2.38. The number of hydrogen-bond donors (Lipinski definition) is 0. The maximum absolute atomic E-state index is 13.2. The van der Waals surface area contributed by atoms with Crippen LogP contribution in [0.15, 0.2) is 30.3 Å². The van der Waals surface area contributed by atoms with Crippen molar-refractivity contribution in [2.45, 2.75) is 33.6 Å². The molecule has 0 N–H and O–H groups in total. The Hall–Kier alpha value is -1.94. The van der Waals surface area contributed by atoms with Crippen molar-refractivity contribution in [3.8, 4) is 5.69 Å². The van der Waals surface area contributed by atoms with E-state index >= 15 is 0 Å². The predicted octanol–water partition coefficient (Wildman–Crippen LogP) is 4.15. The summed E-state index contributed by atoms with van der Waals surface area (Å²) in [6.07, 6.45) is 2.42. The van der Waals surface area contributed by atoms with Gasteiger partial charge in [0.05, 0.1) is 6.54 Å². The smallest absolute Gasteiger partial charge is 0.178 e. The number of Topliss-reactive ketones (excluding diaryl/α,β-unsaturated/α-hetero) is 1. The number of ketones is 1. The number of likely N-dealkylation sites (tertiary alicyclic amines) is 1. The molecule has 0 aliphatic carbocycles. The fourth-order valence-corrected chi connectivity index (χ4v) is 3.75. The number of carbonyl (C=O) groups is 1. The van der Waals surface area contributed by atoms with Gasteiger partial charge in [0.25, 0.3) is 0 Å². The summed E-state index contributed by atoms with van der Waals surface area (Å²) in [5.74, 6) is 0.584. The monoisotopic (exact) mass is 328 g/mol. The first kappa shape index (κ1) is 16.9. The summed E-state index contributed by atoms with van der Waals surface area (Å²) < 4.78 is 15.2. The number of halogens is 1. The number of carbonyl (C=O) groups excluding carboxylic acids is 1. The number of piperidine rings is 1. The first-order chi connectivity index (χ1) is 11.5. The lowest BCUT2D eigenvalue weighted by molar-refractivity contribution is 0.0892. The topological polar surface area (TPSA) is 25.2 Å². The molecule has 2 heterocycles. The predicted molar refractivity (Wildman–Crippen MR) is 94.4 cm³/mol. The SMILES string of the molecule is Cc1cc(C(=O)CN2CCC[C@@H](C)C2)c(C)n1-c1ccc(F)cc1. The molecule has 1 aromatic carbocycles. The number of nitrogens with zero attached hydrogens (tertiary/aromatic N) is 2. The van der Waals surface area contributed by atoms with E-state index in [1.54, 1.807) is 12.1 Å². The van der Waals surface area contributed by atoms with Gasteiger partial charge in [0.2, 0.25) is 0 Å². The van der Waals surface area contributed by atoms with Gasteiger partial charge < -0.3 is 4.57 Å². The highest BCUT2D eigenvalue weighted by Gasteiger charge is 2.22. The van der Waals surface area contributed by atoms with Crippen molar-refractivity contribution in [3.05, 3.63) is 53.1 Å². The maximum Gasteiger partial charge on any atom is 0.178 e. The summed E-state index contributed by atoms with van der Waals surface area (Å²) in [6.45, 7) is 8.68. The normalized spacial score (nSPS) is 18.8. The van der Waals surface area contributed by atoms with Crippen molar-refractivity contribution in [1.82, 2.24) is 9.47 Å². The standard InChI is InChI=1S/C20H25FN2O/c1-14-5-4-10-22(12-14)13-20(24)19-11-15(2)23(16(19)3)18-8-6-17(21)7-9-18/h6-9,11,14H,4-5,10,12-13H2,1-3H3/t14-/m1/s1. The molecule has 2 aromatic rings. The summed E-state index contributed by atoms with van der Waals surface area (Å²) in [5, 5.41) is 0. The molecule has 0 amide bonds. The van der Waals surface area contributed by atoms with Gasteiger partial charge in [0.1, 0.15) is 5.82 Å². The molecule has 4 heteroatoms. The highest BCUT2D eigenvalue weighted by atomic mass is 19.1. The lowest BCUT2D eigenvalue weighted by Gasteiger charge is -2.30. The van der Waals surface area contributed by atoms with Gasteiger partial charge in [-0.25, -0.2) is 4.39 Å². The molecule has 1 atom stereocenters. The third-order valence-electron chi connectivity index (χ3n) is 4.92. The fraction of sp³-hybridized carbons (Fsp3) is 0.450. The van der Waals surface area contributed by atoms with E-state index in [0.717, 1.165) is 35.7 Å². The van der Waals surface area contributed by atoms with Crippen LogP contribution in [0.5, 0.6) is 0 Å². The maximum atomic E-state index is 13.2. The van der Waals surface area contributed by atoms with E-state index in [1.807, 2.05) is 24.5 Å². The van der Waals surface area contributed by atoms with Gasteiger partial charge in [0.15, 0.2) is 5.78 Å². The van der Waals surface area contributed by atoms with Crippen LogP contribution in [0.4, 0.5) is 4.39 Å². The van der Waals surface area contributed by atoms with Gasteiger partial charge in [-0.3, -0.25) is 9.69 Å². The van der Waals surface area contributed by atoms with Crippen LogP contribution in [0.25, 0.3) is 5.69 Å². The summed E-state index contributed by atoms with van der Waals surface area (Å²) in [4.78, 5) is 15.0. The van der Waals surface area contributed by atoms with Crippen LogP contribution in [0, 0.1) is 25.6 Å². The number of aromatic nitrogens is 1. The van der Waals surface area contributed by atoms with E-state index in [-0.39, 0.29) is 11.6 Å². The van der Waals surface area contributed by atoms with E-state index < -0.39 is 0 Å². The molecule has 0 unspecified atom stereocenters. The van der Waals surface area contributed by atoms with Gasteiger partial charge >= 0.3 is 0 Å². The van der Waals surface area contributed by atoms with Gasteiger partial charge in [0, 0.05) is 29.2 Å². The second-order valence-corrected chi connectivity index (χ2v) is 7.00. The van der Waals surface area contributed by atoms with Gasteiger partial charge in [-0.15, -0.1) is 0 Å². The minimum atomic E-state index is -0.253. The van der Waals surface area contributed by atoms with Crippen LogP contribution in [0.1, 0.15) is 41.5 Å². The van der Waals surface area contributed by atoms with Gasteiger partial charge in [-0.05, 0) is 69.5 Å². The number of hydrogen-bond acceptors (Lipinski definition) is 2. The van der Waals surface area contributed by atoms with Crippen LogP contribution in [-0.2, 0) is 0 Å². The summed E-state index contributed by atoms with van der Waals surface area (Å²) in [5.41, 5.74) is 3.58. The summed E-state index contributed by atoms with van der Waals surface area (Å²) >= 11 is 0. The van der Waals surface area contributed by atoms with Gasteiger partial charge in [-0.2, -0.15) is 0 Å². The quantitative estimate of drug-likeness (QED) is 0.788. The third-order valence-corrected chi connectivity index (χ3v) is 4.92. The molecule has 128 valence electrons. The Balaban J connectivity index is 1.83. The van der Waals surface area contributed by atoms with E-state index in [2.05, 4.69) is 11.8 Å². The molecule has 0 bridgehead atoms. The van der Waals surface area contributed by atoms with Crippen LogP contribution < -0.4 is 0 Å². The minimum Gasteiger partial charge on any atom is -0.318 e. The molecule has 1 aliphatic heterocycles. The van der Waals surface area contributed by atoms with E-state index in [1.165, 1.54) is 25.0 Å². The van der Waals surface area contributed by atoms with E-state index in [0.29, 0.717) is 12.5 Å². The zero-order valence-electron chi connectivity index (χ0n) is 14.7. The molecule has 1 fully saturated rings. The van der Waals surface area contributed by atoms with E-state index in [9.17, 15) is 9.18 Å². The molecular formula is C20H25FN2O. The highest BCUT2D eigenvalue weighted by molar-refractivity contribution is 5.99. The average Bonchev–Trinajstić information content (AvgIpc) is 2.83. The Morgan fingerprint density at radius 2 is 1.96 bits per heavy atom. The van der Waals surface area contributed by atoms with Crippen LogP contribution in [0.2, 0.25) is 0 Å². The molecule has 0 spiro atoms. The highest BCUT2D eigenvalue weighted by Crippen LogP contribution is 2.23. The van der Waals surface area contributed by atoms with Crippen LogP contribution in [-0.4, -0.2) is 34.9 Å². The Labute approximate surface area is 143 Å². The second kappa shape index (κ2) is 6.89.